The third-order valence-corrected chi connectivity index (χ3v) is 8.34. The third-order valence-electron chi connectivity index (χ3n) is 5.17. The molecular formula is C20H22F3N5O3S3. The van der Waals surface area contributed by atoms with Crippen molar-refractivity contribution < 1.29 is 26.3 Å². The lowest BCUT2D eigenvalue weighted by atomic mass is 10.1. The highest BCUT2D eigenvalue weighted by molar-refractivity contribution is 7.90. The zero-order valence-electron chi connectivity index (χ0n) is 18.3. The molecule has 184 valence electrons. The van der Waals surface area contributed by atoms with E-state index in [-0.39, 0.29) is 5.56 Å². The summed E-state index contributed by atoms with van der Waals surface area (Å²) in [4.78, 5) is 6.46. The van der Waals surface area contributed by atoms with Gasteiger partial charge in [0.05, 0.1) is 34.2 Å². The normalized spacial score (nSPS) is 15.6. The number of benzene rings is 1. The first-order valence-electron chi connectivity index (χ1n) is 10.3. The maximum atomic E-state index is 13.5. The fourth-order valence-corrected chi connectivity index (χ4v) is 6.15. The number of ether oxygens (including phenoxy) is 1. The first kappa shape index (κ1) is 25.0. The van der Waals surface area contributed by atoms with Gasteiger partial charge in [0.1, 0.15) is 5.01 Å². The third kappa shape index (κ3) is 5.92. The predicted octanol–water partition coefficient (Wildman–Crippen LogP) is 4.01. The van der Waals surface area contributed by atoms with Gasteiger partial charge in [-0.25, -0.2) is 13.4 Å². The first-order valence-corrected chi connectivity index (χ1v) is 13.8. The molecule has 0 radical (unpaired) electrons. The molecule has 2 aromatic heterocycles. The average Bonchev–Trinajstić information content (AvgIpc) is 3.37. The molecule has 1 N–H and O–H groups in total. The van der Waals surface area contributed by atoms with Gasteiger partial charge < -0.3 is 10.1 Å². The highest BCUT2D eigenvalue weighted by Crippen LogP contribution is 2.40. The Bertz CT molecular complexity index is 1270. The van der Waals surface area contributed by atoms with E-state index in [1.54, 1.807) is 6.92 Å². The summed E-state index contributed by atoms with van der Waals surface area (Å²) in [5.41, 5.74) is -0.431. The van der Waals surface area contributed by atoms with Crippen molar-refractivity contribution in [2.24, 2.45) is 0 Å². The van der Waals surface area contributed by atoms with Gasteiger partial charge in [0, 0.05) is 32.3 Å². The van der Waals surface area contributed by atoms with E-state index in [9.17, 15) is 21.6 Å². The average molecular weight is 534 g/mol. The molecule has 1 fully saturated rings. The van der Waals surface area contributed by atoms with Crippen LogP contribution < -0.4 is 5.32 Å². The number of thiazole rings is 1. The van der Waals surface area contributed by atoms with Crippen molar-refractivity contribution in [2.45, 2.75) is 24.4 Å². The number of aryl methyl sites for hydroxylation is 1. The van der Waals surface area contributed by atoms with Crippen LogP contribution in [0.3, 0.4) is 0 Å². The van der Waals surface area contributed by atoms with Crippen LogP contribution in [0, 0.1) is 6.92 Å². The van der Waals surface area contributed by atoms with Gasteiger partial charge >= 0.3 is 6.18 Å². The maximum absolute atomic E-state index is 13.5. The molecule has 34 heavy (non-hydrogen) atoms. The summed E-state index contributed by atoms with van der Waals surface area (Å²) in [6, 6.07) is 3.21. The fourth-order valence-electron chi connectivity index (χ4n) is 3.51. The Balaban J connectivity index is 1.50. The van der Waals surface area contributed by atoms with E-state index in [4.69, 9.17) is 4.74 Å². The van der Waals surface area contributed by atoms with Crippen molar-refractivity contribution in [3.05, 3.63) is 34.5 Å². The number of alkyl halides is 3. The van der Waals surface area contributed by atoms with Crippen molar-refractivity contribution in [1.29, 1.82) is 0 Å². The molecule has 8 nitrogen and oxygen atoms in total. The Morgan fingerprint density at radius 2 is 1.88 bits per heavy atom. The molecule has 0 unspecified atom stereocenters. The van der Waals surface area contributed by atoms with Gasteiger partial charge in [0.2, 0.25) is 5.13 Å². The zero-order chi connectivity index (χ0) is 24.5. The van der Waals surface area contributed by atoms with Crippen LogP contribution in [-0.2, 0) is 27.2 Å². The van der Waals surface area contributed by atoms with E-state index in [1.165, 1.54) is 17.4 Å². The Labute approximate surface area is 202 Å². The van der Waals surface area contributed by atoms with Crippen molar-refractivity contribution in [2.75, 3.05) is 44.4 Å². The Morgan fingerprint density at radius 1 is 1.15 bits per heavy atom. The van der Waals surface area contributed by atoms with Gasteiger partial charge in [0.15, 0.2) is 15.0 Å². The minimum atomic E-state index is -4.81. The monoisotopic (exact) mass is 533 g/mol. The van der Waals surface area contributed by atoms with Crippen LogP contribution in [0.5, 0.6) is 0 Å². The van der Waals surface area contributed by atoms with E-state index >= 15 is 0 Å². The number of anilines is 2. The molecule has 14 heteroatoms. The topological polar surface area (TPSA) is 97.3 Å². The zero-order valence-corrected chi connectivity index (χ0v) is 20.8. The summed E-state index contributed by atoms with van der Waals surface area (Å²) in [5.74, 6) is 0. The molecule has 4 rings (SSSR count). The van der Waals surface area contributed by atoms with Crippen LogP contribution in [-0.4, -0.2) is 67.6 Å². The van der Waals surface area contributed by atoms with E-state index in [1.807, 2.05) is 0 Å². The Morgan fingerprint density at radius 3 is 2.56 bits per heavy atom. The van der Waals surface area contributed by atoms with Crippen LogP contribution in [0.25, 0.3) is 10.4 Å². The molecule has 0 aliphatic carbocycles. The quantitative estimate of drug-likeness (QED) is 0.487. The molecule has 3 aromatic rings. The van der Waals surface area contributed by atoms with Crippen molar-refractivity contribution in [3.63, 3.8) is 0 Å². The molecular weight excluding hydrogens is 511 g/mol. The summed E-state index contributed by atoms with van der Waals surface area (Å²) < 4.78 is 69.6. The number of nitrogens with zero attached hydrogens (tertiary/aromatic N) is 4. The second-order valence-electron chi connectivity index (χ2n) is 7.74. The van der Waals surface area contributed by atoms with Gasteiger partial charge in [0.25, 0.3) is 0 Å². The molecule has 3 heterocycles. The first-order chi connectivity index (χ1) is 16.0. The van der Waals surface area contributed by atoms with Crippen LogP contribution in [0.4, 0.5) is 23.4 Å². The highest BCUT2D eigenvalue weighted by atomic mass is 32.2. The molecule has 1 aromatic carbocycles. The minimum Gasteiger partial charge on any atom is -0.379 e. The van der Waals surface area contributed by atoms with Gasteiger partial charge in [-0.05, 0) is 24.6 Å². The van der Waals surface area contributed by atoms with Crippen LogP contribution in [0.2, 0.25) is 0 Å². The van der Waals surface area contributed by atoms with E-state index in [0.717, 1.165) is 74.0 Å². The summed E-state index contributed by atoms with van der Waals surface area (Å²) in [6.45, 7) is 5.80. The maximum Gasteiger partial charge on any atom is 0.417 e. The number of sulfone groups is 1. The van der Waals surface area contributed by atoms with Gasteiger partial charge in [-0.2, -0.15) is 13.2 Å². The fraction of sp³-hybridized carbons (Fsp3) is 0.450. The molecule has 1 saturated heterocycles. The number of aromatic nitrogens is 3. The molecule has 0 spiro atoms. The van der Waals surface area contributed by atoms with Gasteiger partial charge in [-0.1, -0.05) is 28.7 Å². The largest absolute Gasteiger partial charge is 0.417 e. The number of nitrogens with one attached hydrogen (secondary N) is 1. The summed E-state index contributed by atoms with van der Waals surface area (Å²) in [7, 11) is -4.04. The molecule has 0 bridgehead atoms. The number of hydrogen-bond acceptors (Lipinski definition) is 10. The number of halogens is 3. The lowest BCUT2D eigenvalue weighted by Gasteiger charge is -2.25. The summed E-state index contributed by atoms with van der Waals surface area (Å²) in [6.07, 6.45) is -3.29. The van der Waals surface area contributed by atoms with Crippen molar-refractivity contribution in [3.8, 4) is 10.4 Å². The minimum absolute atomic E-state index is 0.242. The summed E-state index contributed by atoms with van der Waals surface area (Å²) in [5, 5.41) is 13.3. The molecule has 1 aliphatic heterocycles. The van der Waals surface area contributed by atoms with E-state index < -0.39 is 26.5 Å². The number of hydrogen-bond donors (Lipinski definition) is 1. The second kappa shape index (κ2) is 9.85. The second-order valence-corrected chi connectivity index (χ2v) is 11.8. The lowest BCUT2D eigenvalue weighted by molar-refractivity contribution is -0.139. The lowest BCUT2D eigenvalue weighted by Crippen LogP contribution is -2.37. The highest BCUT2D eigenvalue weighted by Gasteiger charge is 2.36. The molecule has 0 saturated carbocycles. The van der Waals surface area contributed by atoms with E-state index in [0.29, 0.717) is 20.8 Å². The van der Waals surface area contributed by atoms with Gasteiger partial charge in [-0.3, -0.25) is 4.90 Å². The standard InChI is InChI=1S/C20H22F3N5O3S3/c1-12-17(13-3-4-15(34(2,29)30)14(11-13)20(21,22)23)33-18(24-12)25-19-27-26-16(32-19)5-6-28-7-9-31-10-8-28/h3-4,11H,5-10H2,1-2H3,(H,24,25,27). The van der Waals surface area contributed by atoms with Crippen LogP contribution in [0.1, 0.15) is 16.3 Å². The number of morpholine rings is 1. The van der Waals surface area contributed by atoms with E-state index in [2.05, 4.69) is 25.4 Å². The smallest absolute Gasteiger partial charge is 0.379 e. The summed E-state index contributed by atoms with van der Waals surface area (Å²) >= 11 is 2.56. The number of rotatable bonds is 7. The van der Waals surface area contributed by atoms with Crippen LogP contribution >= 0.6 is 22.7 Å². The van der Waals surface area contributed by atoms with Crippen molar-refractivity contribution >= 4 is 42.8 Å². The Hall–Kier alpha value is -2.13. The SMILES string of the molecule is Cc1nc(Nc2nnc(CCN3CCOCC3)s2)sc1-c1ccc(S(C)(=O)=O)c(C(F)(F)F)c1. The van der Waals surface area contributed by atoms with Crippen LogP contribution in [0.15, 0.2) is 23.1 Å². The Kier molecular flexibility index (Phi) is 7.24. The van der Waals surface area contributed by atoms with Gasteiger partial charge in [-0.15, -0.1) is 10.2 Å². The molecule has 1 aliphatic rings. The van der Waals surface area contributed by atoms with Crippen molar-refractivity contribution in [1.82, 2.24) is 20.1 Å². The predicted molar refractivity (Wildman–Crippen MR) is 125 cm³/mol. The molecule has 0 atom stereocenters. The molecule has 0 amide bonds.